The zero-order valence-corrected chi connectivity index (χ0v) is 7.38. The van der Waals surface area contributed by atoms with Gasteiger partial charge >= 0.3 is 0 Å². The SMILES string of the molecule is CC(C)(N)C1CC2C=CC1C2. The zero-order valence-electron chi connectivity index (χ0n) is 7.38. The fraction of sp³-hybridized carbons (Fsp3) is 0.800. The minimum absolute atomic E-state index is 0.0319. The molecular weight excluding hydrogens is 134 g/mol. The van der Waals surface area contributed by atoms with E-state index in [1.54, 1.807) is 0 Å². The van der Waals surface area contributed by atoms with Gasteiger partial charge in [-0.3, -0.25) is 0 Å². The van der Waals surface area contributed by atoms with Gasteiger partial charge in [0.25, 0.3) is 0 Å². The smallest absolute Gasteiger partial charge is 0.0131 e. The third-order valence-corrected chi connectivity index (χ3v) is 3.23. The number of nitrogens with two attached hydrogens (primary N) is 1. The Morgan fingerprint density at radius 3 is 2.27 bits per heavy atom. The molecule has 2 N–H and O–H groups in total. The summed E-state index contributed by atoms with van der Waals surface area (Å²) in [4.78, 5) is 0. The third kappa shape index (κ3) is 1.12. The maximum Gasteiger partial charge on any atom is 0.0131 e. The normalized spacial score (nSPS) is 41.9. The van der Waals surface area contributed by atoms with Crippen LogP contribution in [0.3, 0.4) is 0 Å². The van der Waals surface area contributed by atoms with Gasteiger partial charge in [0.1, 0.15) is 0 Å². The van der Waals surface area contributed by atoms with Gasteiger partial charge in [-0.2, -0.15) is 0 Å². The summed E-state index contributed by atoms with van der Waals surface area (Å²) in [5, 5.41) is 0. The van der Waals surface area contributed by atoms with Crippen LogP contribution in [0.2, 0.25) is 0 Å². The van der Waals surface area contributed by atoms with E-state index < -0.39 is 0 Å². The van der Waals surface area contributed by atoms with Gasteiger partial charge in [0, 0.05) is 5.54 Å². The van der Waals surface area contributed by atoms with Gasteiger partial charge in [0.05, 0.1) is 0 Å². The molecule has 11 heavy (non-hydrogen) atoms. The van der Waals surface area contributed by atoms with Crippen LogP contribution in [0.25, 0.3) is 0 Å². The predicted octanol–water partition coefficient (Wildman–Crippen LogP) is 1.94. The van der Waals surface area contributed by atoms with Crippen molar-refractivity contribution in [3.63, 3.8) is 0 Å². The fourth-order valence-corrected chi connectivity index (χ4v) is 2.64. The summed E-state index contributed by atoms with van der Waals surface area (Å²) in [6, 6.07) is 0. The Hall–Kier alpha value is -0.300. The lowest BCUT2D eigenvalue weighted by Gasteiger charge is -2.31. The van der Waals surface area contributed by atoms with E-state index in [-0.39, 0.29) is 5.54 Å². The van der Waals surface area contributed by atoms with Gasteiger partial charge in [-0.05, 0) is 44.4 Å². The topological polar surface area (TPSA) is 26.0 Å². The van der Waals surface area contributed by atoms with Crippen molar-refractivity contribution in [3.05, 3.63) is 12.2 Å². The molecule has 0 heterocycles. The van der Waals surface area contributed by atoms with Crippen LogP contribution in [0, 0.1) is 17.8 Å². The molecule has 1 fully saturated rings. The van der Waals surface area contributed by atoms with Crippen LogP contribution < -0.4 is 5.73 Å². The largest absolute Gasteiger partial charge is 0.325 e. The second-order valence-corrected chi connectivity index (χ2v) is 4.71. The van der Waals surface area contributed by atoms with Crippen molar-refractivity contribution in [2.75, 3.05) is 0 Å². The van der Waals surface area contributed by atoms with Gasteiger partial charge in [-0.15, -0.1) is 0 Å². The van der Waals surface area contributed by atoms with Crippen LogP contribution in [0.1, 0.15) is 26.7 Å². The molecule has 2 aliphatic carbocycles. The number of fused-ring (bicyclic) bond motifs is 2. The van der Waals surface area contributed by atoms with Crippen molar-refractivity contribution in [2.45, 2.75) is 32.2 Å². The number of hydrogen-bond acceptors (Lipinski definition) is 1. The lowest BCUT2D eigenvalue weighted by molar-refractivity contribution is 0.277. The molecule has 0 aromatic heterocycles. The first-order valence-electron chi connectivity index (χ1n) is 4.54. The average Bonchev–Trinajstić information content (AvgIpc) is 2.42. The molecule has 2 bridgehead atoms. The third-order valence-electron chi connectivity index (χ3n) is 3.23. The zero-order chi connectivity index (χ0) is 8.06. The second kappa shape index (κ2) is 2.10. The van der Waals surface area contributed by atoms with Crippen LogP contribution in [0.15, 0.2) is 12.2 Å². The highest BCUT2D eigenvalue weighted by atomic mass is 14.7. The Kier molecular flexibility index (Phi) is 1.40. The first-order chi connectivity index (χ1) is 5.07. The molecule has 3 atom stereocenters. The Balaban J connectivity index is 2.15. The van der Waals surface area contributed by atoms with E-state index in [2.05, 4.69) is 26.0 Å². The van der Waals surface area contributed by atoms with Crippen LogP contribution in [0.5, 0.6) is 0 Å². The van der Waals surface area contributed by atoms with Gasteiger partial charge in [-0.1, -0.05) is 12.2 Å². The average molecular weight is 151 g/mol. The van der Waals surface area contributed by atoms with E-state index in [1.165, 1.54) is 12.8 Å². The minimum atomic E-state index is 0.0319. The second-order valence-electron chi connectivity index (χ2n) is 4.71. The molecule has 2 aliphatic rings. The van der Waals surface area contributed by atoms with Crippen LogP contribution >= 0.6 is 0 Å². The van der Waals surface area contributed by atoms with Crippen molar-refractivity contribution >= 4 is 0 Å². The molecule has 1 nitrogen and oxygen atoms in total. The molecule has 1 heteroatoms. The van der Waals surface area contributed by atoms with E-state index in [4.69, 9.17) is 5.73 Å². The highest BCUT2D eigenvalue weighted by molar-refractivity contribution is 5.13. The number of rotatable bonds is 1. The van der Waals surface area contributed by atoms with Crippen molar-refractivity contribution in [1.82, 2.24) is 0 Å². The van der Waals surface area contributed by atoms with E-state index in [0.717, 1.165) is 17.8 Å². The summed E-state index contributed by atoms with van der Waals surface area (Å²) in [5.74, 6) is 2.38. The van der Waals surface area contributed by atoms with Crippen LogP contribution in [0.4, 0.5) is 0 Å². The quantitative estimate of drug-likeness (QED) is 0.569. The van der Waals surface area contributed by atoms with Crippen molar-refractivity contribution in [1.29, 1.82) is 0 Å². The highest BCUT2D eigenvalue weighted by Gasteiger charge is 2.41. The van der Waals surface area contributed by atoms with Crippen molar-refractivity contribution in [3.8, 4) is 0 Å². The molecule has 0 amide bonds. The molecule has 0 spiro atoms. The maximum absolute atomic E-state index is 6.09. The Bertz CT molecular complexity index is 188. The molecule has 0 saturated heterocycles. The molecule has 1 saturated carbocycles. The Morgan fingerprint density at radius 1 is 1.27 bits per heavy atom. The Morgan fingerprint density at radius 2 is 2.00 bits per heavy atom. The lowest BCUT2D eigenvalue weighted by Crippen LogP contribution is -2.42. The predicted molar refractivity (Wildman–Crippen MR) is 47.1 cm³/mol. The summed E-state index contributed by atoms with van der Waals surface area (Å²) < 4.78 is 0. The minimum Gasteiger partial charge on any atom is -0.325 e. The molecule has 2 rings (SSSR count). The van der Waals surface area contributed by atoms with Crippen LogP contribution in [-0.4, -0.2) is 5.54 Å². The van der Waals surface area contributed by atoms with E-state index in [0.29, 0.717) is 0 Å². The first kappa shape index (κ1) is 7.35. The highest BCUT2D eigenvalue weighted by Crippen LogP contribution is 2.47. The van der Waals surface area contributed by atoms with Crippen molar-refractivity contribution in [2.24, 2.45) is 23.5 Å². The van der Waals surface area contributed by atoms with Gasteiger partial charge in [-0.25, -0.2) is 0 Å². The maximum atomic E-state index is 6.09. The molecule has 0 radical (unpaired) electrons. The van der Waals surface area contributed by atoms with E-state index in [1.807, 2.05) is 0 Å². The van der Waals surface area contributed by atoms with E-state index >= 15 is 0 Å². The molecule has 3 unspecified atom stereocenters. The summed E-state index contributed by atoms with van der Waals surface area (Å²) in [6.07, 6.45) is 7.43. The molecule has 0 aromatic carbocycles. The standard InChI is InChI=1S/C10H17N/c1-10(2,11)9-6-7-3-4-8(9)5-7/h3-4,7-9H,5-6,11H2,1-2H3. The summed E-state index contributed by atoms with van der Waals surface area (Å²) in [5.41, 5.74) is 6.13. The monoisotopic (exact) mass is 151 g/mol. The first-order valence-corrected chi connectivity index (χ1v) is 4.54. The molecular formula is C10H17N. The fourth-order valence-electron chi connectivity index (χ4n) is 2.64. The summed E-state index contributed by atoms with van der Waals surface area (Å²) in [6.45, 7) is 4.32. The lowest BCUT2D eigenvalue weighted by atomic mass is 9.79. The van der Waals surface area contributed by atoms with Gasteiger partial charge in [0.2, 0.25) is 0 Å². The van der Waals surface area contributed by atoms with Gasteiger partial charge < -0.3 is 5.73 Å². The summed E-state index contributed by atoms with van der Waals surface area (Å²) >= 11 is 0. The molecule has 0 aromatic rings. The number of allylic oxidation sites excluding steroid dienone is 2. The number of hydrogen-bond donors (Lipinski definition) is 1. The van der Waals surface area contributed by atoms with E-state index in [9.17, 15) is 0 Å². The van der Waals surface area contributed by atoms with Crippen molar-refractivity contribution < 1.29 is 0 Å². The van der Waals surface area contributed by atoms with Gasteiger partial charge in [0.15, 0.2) is 0 Å². The molecule has 0 aliphatic heterocycles. The summed E-state index contributed by atoms with van der Waals surface area (Å²) in [7, 11) is 0. The molecule has 62 valence electrons. The Labute approximate surface area is 68.7 Å². The van der Waals surface area contributed by atoms with Crippen LogP contribution in [-0.2, 0) is 0 Å².